The van der Waals surface area contributed by atoms with Gasteiger partial charge in [0.1, 0.15) is 5.82 Å². The zero-order valence-corrected chi connectivity index (χ0v) is 13.5. The minimum absolute atomic E-state index is 0.0429. The largest absolute Gasteiger partial charge is 0.368 e. The lowest BCUT2D eigenvalue weighted by atomic mass is 10.1. The van der Waals surface area contributed by atoms with E-state index in [0.29, 0.717) is 23.7 Å². The molecule has 5 heteroatoms. The highest BCUT2D eigenvalue weighted by Crippen LogP contribution is 2.21. The number of hydrogen-bond donors (Lipinski definition) is 0. The first-order valence-corrected chi connectivity index (χ1v) is 8.02. The summed E-state index contributed by atoms with van der Waals surface area (Å²) in [4.78, 5) is 16.4. The van der Waals surface area contributed by atoms with Crippen LogP contribution in [0.25, 0.3) is 0 Å². The Hall–Kier alpha value is -2.07. The second kappa shape index (κ2) is 7.01. The van der Waals surface area contributed by atoms with Gasteiger partial charge in [-0.15, -0.1) is 0 Å². The molecular formula is C18H18ClFN2O. The fraction of sp³-hybridized carbons (Fsp3) is 0.278. The van der Waals surface area contributed by atoms with E-state index in [1.165, 1.54) is 12.1 Å². The number of benzene rings is 2. The Balaban J connectivity index is 1.57. The molecule has 120 valence electrons. The lowest BCUT2D eigenvalue weighted by molar-refractivity contribution is -0.130. The van der Waals surface area contributed by atoms with Gasteiger partial charge in [0, 0.05) is 36.9 Å². The van der Waals surface area contributed by atoms with E-state index in [-0.39, 0.29) is 18.1 Å². The molecule has 0 aromatic heterocycles. The van der Waals surface area contributed by atoms with Gasteiger partial charge in [-0.05, 0) is 35.9 Å². The average molecular weight is 333 g/mol. The zero-order valence-electron chi connectivity index (χ0n) is 12.7. The molecule has 0 saturated carbocycles. The quantitative estimate of drug-likeness (QED) is 0.860. The summed E-state index contributed by atoms with van der Waals surface area (Å²) in [5.41, 5.74) is 1.79. The lowest BCUT2D eigenvalue weighted by Crippen LogP contribution is -2.49. The maximum atomic E-state index is 13.2. The molecule has 0 unspecified atom stereocenters. The summed E-state index contributed by atoms with van der Waals surface area (Å²) in [5.74, 6) is -0.262. The van der Waals surface area contributed by atoms with E-state index in [0.717, 1.165) is 18.8 Å². The normalized spacial score (nSPS) is 14.9. The fourth-order valence-electron chi connectivity index (χ4n) is 2.82. The van der Waals surface area contributed by atoms with Crippen LogP contribution in [0.1, 0.15) is 5.56 Å². The molecular weight excluding hydrogens is 315 g/mol. The van der Waals surface area contributed by atoms with Crippen molar-refractivity contribution >= 4 is 23.2 Å². The Morgan fingerprint density at radius 2 is 1.78 bits per heavy atom. The van der Waals surface area contributed by atoms with Crippen molar-refractivity contribution in [3.8, 4) is 0 Å². The van der Waals surface area contributed by atoms with Crippen molar-refractivity contribution in [3.05, 3.63) is 64.9 Å². The van der Waals surface area contributed by atoms with E-state index in [9.17, 15) is 9.18 Å². The third-order valence-electron chi connectivity index (χ3n) is 4.05. The van der Waals surface area contributed by atoms with E-state index >= 15 is 0 Å². The summed E-state index contributed by atoms with van der Waals surface area (Å²) >= 11 is 6.02. The van der Waals surface area contributed by atoms with Crippen molar-refractivity contribution < 1.29 is 9.18 Å². The molecule has 3 rings (SSSR count). The van der Waals surface area contributed by atoms with Crippen molar-refractivity contribution in [1.29, 1.82) is 0 Å². The highest BCUT2D eigenvalue weighted by atomic mass is 35.5. The SMILES string of the molecule is O=C(Cc1cccc(F)c1)N1CCN(c2cccc(Cl)c2)CC1. The molecule has 0 bridgehead atoms. The van der Waals surface area contributed by atoms with Gasteiger partial charge < -0.3 is 9.80 Å². The topological polar surface area (TPSA) is 23.6 Å². The van der Waals surface area contributed by atoms with Gasteiger partial charge in [-0.1, -0.05) is 29.8 Å². The van der Waals surface area contributed by atoms with Crippen LogP contribution in [0.4, 0.5) is 10.1 Å². The van der Waals surface area contributed by atoms with Crippen molar-refractivity contribution in [3.63, 3.8) is 0 Å². The molecule has 2 aromatic rings. The third-order valence-corrected chi connectivity index (χ3v) is 4.29. The number of carbonyl (C=O) groups excluding carboxylic acids is 1. The predicted molar refractivity (Wildman–Crippen MR) is 90.3 cm³/mol. The Morgan fingerprint density at radius 1 is 1.04 bits per heavy atom. The van der Waals surface area contributed by atoms with E-state index in [1.807, 2.05) is 29.2 Å². The van der Waals surface area contributed by atoms with Crippen LogP contribution in [0, 0.1) is 5.82 Å². The van der Waals surface area contributed by atoms with Gasteiger partial charge in [0.05, 0.1) is 6.42 Å². The first-order chi connectivity index (χ1) is 11.1. The van der Waals surface area contributed by atoms with Crippen molar-refractivity contribution in [2.75, 3.05) is 31.1 Å². The third kappa shape index (κ3) is 4.02. The van der Waals surface area contributed by atoms with Gasteiger partial charge >= 0.3 is 0 Å². The molecule has 0 radical (unpaired) electrons. The van der Waals surface area contributed by atoms with Crippen LogP contribution in [0.5, 0.6) is 0 Å². The maximum Gasteiger partial charge on any atom is 0.227 e. The van der Waals surface area contributed by atoms with E-state index in [4.69, 9.17) is 11.6 Å². The standard InChI is InChI=1S/C18H18ClFN2O/c19-15-4-2-6-17(13-15)21-7-9-22(10-8-21)18(23)12-14-3-1-5-16(20)11-14/h1-6,11,13H,7-10,12H2. The van der Waals surface area contributed by atoms with Gasteiger partial charge in [-0.3, -0.25) is 4.79 Å². The highest BCUT2D eigenvalue weighted by molar-refractivity contribution is 6.30. The lowest BCUT2D eigenvalue weighted by Gasteiger charge is -2.36. The van der Waals surface area contributed by atoms with Crippen LogP contribution < -0.4 is 4.90 Å². The number of carbonyl (C=O) groups is 1. The average Bonchev–Trinajstić information content (AvgIpc) is 2.55. The Morgan fingerprint density at radius 3 is 2.48 bits per heavy atom. The fourth-order valence-corrected chi connectivity index (χ4v) is 3.00. The number of nitrogens with zero attached hydrogens (tertiary/aromatic N) is 2. The Kier molecular flexibility index (Phi) is 4.82. The van der Waals surface area contributed by atoms with Crippen LogP contribution in [0.2, 0.25) is 5.02 Å². The molecule has 3 nitrogen and oxygen atoms in total. The molecule has 23 heavy (non-hydrogen) atoms. The number of anilines is 1. The molecule has 2 aromatic carbocycles. The van der Waals surface area contributed by atoms with E-state index < -0.39 is 0 Å². The van der Waals surface area contributed by atoms with Gasteiger partial charge in [-0.2, -0.15) is 0 Å². The van der Waals surface area contributed by atoms with Crippen LogP contribution in [-0.4, -0.2) is 37.0 Å². The van der Waals surface area contributed by atoms with Gasteiger partial charge in [-0.25, -0.2) is 4.39 Å². The van der Waals surface area contributed by atoms with Crippen LogP contribution in [0.15, 0.2) is 48.5 Å². The highest BCUT2D eigenvalue weighted by Gasteiger charge is 2.21. The molecule has 1 heterocycles. The van der Waals surface area contributed by atoms with Crippen molar-refractivity contribution in [2.45, 2.75) is 6.42 Å². The second-order valence-corrected chi connectivity index (χ2v) is 6.09. The molecule has 0 atom stereocenters. The second-order valence-electron chi connectivity index (χ2n) is 5.65. The molecule has 0 spiro atoms. The van der Waals surface area contributed by atoms with Gasteiger partial charge in [0.2, 0.25) is 5.91 Å². The smallest absolute Gasteiger partial charge is 0.227 e. The first-order valence-electron chi connectivity index (χ1n) is 7.64. The van der Waals surface area contributed by atoms with Crippen LogP contribution in [0.3, 0.4) is 0 Å². The van der Waals surface area contributed by atoms with Gasteiger partial charge in [0.25, 0.3) is 0 Å². The summed E-state index contributed by atoms with van der Waals surface area (Å²) in [6, 6.07) is 14.0. The van der Waals surface area contributed by atoms with E-state index in [2.05, 4.69) is 4.90 Å². The van der Waals surface area contributed by atoms with E-state index in [1.54, 1.807) is 12.1 Å². The molecule has 1 aliphatic rings. The number of rotatable bonds is 3. The molecule has 1 aliphatic heterocycles. The summed E-state index contributed by atoms with van der Waals surface area (Å²) in [6.45, 7) is 2.88. The number of piperazine rings is 1. The molecule has 0 aliphatic carbocycles. The zero-order chi connectivity index (χ0) is 16.2. The molecule has 0 N–H and O–H groups in total. The summed E-state index contributed by atoms with van der Waals surface area (Å²) in [6.07, 6.45) is 0.245. The molecule has 1 amide bonds. The number of hydrogen-bond acceptors (Lipinski definition) is 2. The summed E-state index contributed by atoms with van der Waals surface area (Å²) < 4.78 is 13.2. The minimum Gasteiger partial charge on any atom is -0.368 e. The number of amides is 1. The maximum absolute atomic E-state index is 13.2. The van der Waals surface area contributed by atoms with Crippen LogP contribution >= 0.6 is 11.6 Å². The Bertz CT molecular complexity index is 699. The summed E-state index contributed by atoms with van der Waals surface area (Å²) in [5, 5.41) is 0.715. The predicted octanol–water partition coefficient (Wildman–Crippen LogP) is 3.37. The molecule has 1 fully saturated rings. The number of halogens is 2. The summed E-state index contributed by atoms with van der Waals surface area (Å²) in [7, 11) is 0. The first kappa shape index (κ1) is 15.8. The Labute approximate surface area is 140 Å². The monoisotopic (exact) mass is 332 g/mol. The minimum atomic E-state index is -0.305. The van der Waals surface area contributed by atoms with Gasteiger partial charge in [0.15, 0.2) is 0 Å². The van der Waals surface area contributed by atoms with Crippen molar-refractivity contribution in [2.24, 2.45) is 0 Å². The van der Waals surface area contributed by atoms with Crippen molar-refractivity contribution in [1.82, 2.24) is 4.90 Å². The van der Waals surface area contributed by atoms with Crippen LogP contribution in [-0.2, 0) is 11.2 Å². The molecule has 1 saturated heterocycles.